The number of hydrogen-bond acceptors (Lipinski definition) is 4. The minimum absolute atomic E-state index is 0.0306. The zero-order chi connectivity index (χ0) is 14.4. The summed E-state index contributed by atoms with van der Waals surface area (Å²) in [5.41, 5.74) is -1.46. The van der Waals surface area contributed by atoms with Crippen molar-refractivity contribution in [1.82, 2.24) is 20.9 Å². The van der Waals surface area contributed by atoms with Crippen molar-refractivity contribution in [2.75, 3.05) is 19.6 Å². The molecular weight excluding hydrogens is 260 g/mol. The largest absolute Gasteiger partial charge is 0.338 e. The zero-order valence-corrected chi connectivity index (χ0v) is 11.6. The Morgan fingerprint density at radius 2 is 2.05 bits per heavy atom. The lowest BCUT2D eigenvalue weighted by Crippen LogP contribution is -2.59. The lowest BCUT2D eigenvalue weighted by molar-refractivity contribution is -0.138. The minimum atomic E-state index is -0.919. The van der Waals surface area contributed by atoms with Gasteiger partial charge in [-0.15, -0.1) is 0 Å². The number of urea groups is 1. The fourth-order valence-corrected chi connectivity index (χ4v) is 3.39. The molecule has 7 nitrogen and oxygen atoms in total. The number of piperidine rings is 1. The van der Waals surface area contributed by atoms with E-state index >= 15 is 0 Å². The van der Waals surface area contributed by atoms with Gasteiger partial charge in [0.2, 0.25) is 5.91 Å². The molecule has 3 aliphatic rings. The topological polar surface area (TPSA) is 90.5 Å². The first-order valence-electron chi connectivity index (χ1n) is 7.13. The molecule has 110 valence electrons. The van der Waals surface area contributed by atoms with Crippen LogP contribution in [0.5, 0.6) is 0 Å². The van der Waals surface area contributed by atoms with Gasteiger partial charge in [0, 0.05) is 6.54 Å². The van der Waals surface area contributed by atoms with E-state index in [9.17, 15) is 14.4 Å². The van der Waals surface area contributed by atoms with Crippen molar-refractivity contribution in [2.45, 2.75) is 43.7 Å². The third-order valence-electron chi connectivity index (χ3n) is 4.66. The monoisotopic (exact) mass is 280 g/mol. The molecule has 3 fully saturated rings. The predicted molar refractivity (Wildman–Crippen MR) is 70.9 cm³/mol. The molecule has 4 amide bonds. The van der Waals surface area contributed by atoms with Crippen molar-refractivity contribution < 1.29 is 14.4 Å². The van der Waals surface area contributed by atoms with Gasteiger partial charge in [-0.05, 0) is 39.2 Å². The molecule has 1 spiro atoms. The Kier molecular flexibility index (Phi) is 2.97. The quantitative estimate of drug-likeness (QED) is 0.556. The van der Waals surface area contributed by atoms with Crippen LogP contribution in [0.15, 0.2) is 0 Å². The highest BCUT2D eigenvalue weighted by molar-refractivity contribution is 6.07. The lowest BCUT2D eigenvalue weighted by Gasteiger charge is -2.37. The Morgan fingerprint density at radius 3 is 2.65 bits per heavy atom. The van der Waals surface area contributed by atoms with Gasteiger partial charge in [0.15, 0.2) is 0 Å². The average molecular weight is 280 g/mol. The molecule has 0 bridgehead atoms. The Morgan fingerprint density at radius 1 is 1.25 bits per heavy atom. The standard InChI is InChI=1S/C13H20N4O3/c1-12(4-2-3-6-14-12)10(19)17-7-5-13(8-17)9(18)15-11(20)16-13/h14H,2-8H2,1H3,(H2,15,16,18,20). The minimum Gasteiger partial charge on any atom is -0.338 e. The molecule has 3 aliphatic heterocycles. The van der Waals surface area contributed by atoms with Gasteiger partial charge >= 0.3 is 6.03 Å². The maximum absolute atomic E-state index is 12.7. The number of nitrogens with one attached hydrogen (secondary N) is 3. The highest BCUT2D eigenvalue weighted by atomic mass is 16.2. The molecule has 0 radical (unpaired) electrons. The first-order valence-corrected chi connectivity index (χ1v) is 7.13. The molecule has 0 saturated carbocycles. The Hall–Kier alpha value is -1.63. The summed E-state index contributed by atoms with van der Waals surface area (Å²) in [5, 5.41) is 8.21. The maximum atomic E-state index is 12.7. The smallest absolute Gasteiger partial charge is 0.322 e. The van der Waals surface area contributed by atoms with Gasteiger partial charge in [0.05, 0.1) is 12.1 Å². The molecule has 0 aliphatic carbocycles. The summed E-state index contributed by atoms with van der Waals surface area (Å²) < 4.78 is 0. The second kappa shape index (κ2) is 4.44. The zero-order valence-electron chi connectivity index (χ0n) is 11.6. The van der Waals surface area contributed by atoms with Crippen molar-refractivity contribution in [3.63, 3.8) is 0 Å². The number of imide groups is 1. The van der Waals surface area contributed by atoms with Crippen LogP contribution >= 0.6 is 0 Å². The number of carbonyl (C=O) groups is 3. The van der Waals surface area contributed by atoms with Gasteiger partial charge in [-0.3, -0.25) is 14.9 Å². The van der Waals surface area contributed by atoms with Crippen LogP contribution < -0.4 is 16.0 Å². The summed E-state index contributed by atoms with van der Waals surface area (Å²) >= 11 is 0. The number of nitrogens with zero attached hydrogens (tertiary/aromatic N) is 1. The number of amides is 4. The Balaban J connectivity index is 1.72. The second-order valence-electron chi connectivity index (χ2n) is 6.18. The van der Waals surface area contributed by atoms with E-state index in [0.29, 0.717) is 13.0 Å². The van der Waals surface area contributed by atoms with E-state index in [-0.39, 0.29) is 18.4 Å². The lowest BCUT2D eigenvalue weighted by atomic mass is 9.89. The van der Waals surface area contributed by atoms with E-state index in [1.807, 2.05) is 6.92 Å². The molecule has 3 rings (SSSR count). The molecule has 0 aromatic rings. The molecule has 3 heterocycles. The van der Waals surface area contributed by atoms with E-state index in [0.717, 1.165) is 25.8 Å². The second-order valence-corrected chi connectivity index (χ2v) is 6.18. The van der Waals surface area contributed by atoms with Crippen LogP contribution in [0.3, 0.4) is 0 Å². The third kappa shape index (κ3) is 1.96. The predicted octanol–water partition coefficient (Wildman–Crippen LogP) is -0.671. The highest BCUT2D eigenvalue weighted by Crippen LogP contribution is 2.29. The van der Waals surface area contributed by atoms with Gasteiger partial charge < -0.3 is 15.5 Å². The van der Waals surface area contributed by atoms with Crippen molar-refractivity contribution in [1.29, 1.82) is 0 Å². The van der Waals surface area contributed by atoms with Crippen LogP contribution in [-0.2, 0) is 9.59 Å². The summed E-state index contributed by atoms with van der Waals surface area (Å²) in [6.45, 7) is 3.54. The number of hydrogen-bond donors (Lipinski definition) is 3. The van der Waals surface area contributed by atoms with Gasteiger partial charge in [-0.2, -0.15) is 0 Å². The average Bonchev–Trinajstić information content (AvgIpc) is 2.95. The molecular formula is C13H20N4O3. The van der Waals surface area contributed by atoms with E-state index < -0.39 is 17.1 Å². The Bertz CT molecular complexity index is 472. The van der Waals surface area contributed by atoms with Crippen molar-refractivity contribution in [3.05, 3.63) is 0 Å². The van der Waals surface area contributed by atoms with Gasteiger partial charge in [-0.1, -0.05) is 0 Å². The van der Waals surface area contributed by atoms with Crippen molar-refractivity contribution in [3.8, 4) is 0 Å². The van der Waals surface area contributed by atoms with E-state index in [1.54, 1.807) is 4.90 Å². The van der Waals surface area contributed by atoms with Gasteiger partial charge in [0.1, 0.15) is 5.54 Å². The fraction of sp³-hybridized carbons (Fsp3) is 0.769. The third-order valence-corrected chi connectivity index (χ3v) is 4.66. The molecule has 3 N–H and O–H groups in total. The summed E-state index contributed by atoms with van der Waals surface area (Å²) in [4.78, 5) is 37.5. The van der Waals surface area contributed by atoms with Crippen LogP contribution in [0.25, 0.3) is 0 Å². The molecule has 2 atom stereocenters. The highest BCUT2D eigenvalue weighted by Gasteiger charge is 2.53. The first kappa shape index (κ1) is 13.4. The summed E-state index contributed by atoms with van der Waals surface area (Å²) in [6, 6.07) is -0.466. The first-order chi connectivity index (χ1) is 9.45. The molecule has 2 unspecified atom stereocenters. The van der Waals surface area contributed by atoms with Crippen LogP contribution in [-0.4, -0.2) is 53.5 Å². The van der Waals surface area contributed by atoms with E-state index in [2.05, 4.69) is 16.0 Å². The van der Waals surface area contributed by atoms with Crippen molar-refractivity contribution in [2.24, 2.45) is 0 Å². The van der Waals surface area contributed by atoms with E-state index in [4.69, 9.17) is 0 Å². The molecule has 3 saturated heterocycles. The molecule has 0 aromatic carbocycles. The fourth-order valence-electron chi connectivity index (χ4n) is 3.39. The summed E-state index contributed by atoms with van der Waals surface area (Å²) in [6.07, 6.45) is 3.41. The normalized spacial score (nSPS) is 37.1. The number of carbonyl (C=O) groups excluding carboxylic acids is 3. The van der Waals surface area contributed by atoms with E-state index in [1.165, 1.54) is 0 Å². The SMILES string of the molecule is CC1(C(=O)N2CCC3(C2)NC(=O)NC3=O)CCCCN1. The van der Waals surface area contributed by atoms with Crippen LogP contribution in [0.4, 0.5) is 4.79 Å². The summed E-state index contributed by atoms with van der Waals surface area (Å²) in [7, 11) is 0. The molecule has 20 heavy (non-hydrogen) atoms. The maximum Gasteiger partial charge on any atom is 0.322 e. The van der Waals surface area contributed by atoms with Crippen LogP contribution in [0.1, 0.15) is 32.6 Å². The van der Waals surface area contributed by atoms with Crippen LogP contribution in [0.2, 0.25) is 0 Å². The van der Waals surface area contributed by atoms with Crippen molar-refractivity contribution >= 4 is 17.8 Å². The number of likely N-dealkylation sites (tertiary alicyclic amines) is 1. The van der Waals surface area contributed by atoms with Gasteiger partial charge in [-0.25, -0.2) is 4.79 Å². The van der Waals surface area contributed by atoms with Crippen LogP contribution in [0, 0.1) is 0 Å². The Labute approximate surface area is 117 Å². The molecule has 0 aromatic heterocycles. The summed E-state index contributed by atoms with van der Waals surface area (Å²) in [5.74, 6) is -0.289. The van der Waals surface area contributed by atoms with Gasteiger partial charge in [0.25, 0.3) is 5.91 Å². The number of rotatable bonds is 1. The molecule has 7 heteroatoms.